The lowest BCUT2D eigenvalue weighted by Gasteiger charge is -2.29. The Balaban J connectivity index is 1.54. The number of urea groups is 1. The van der Waals surface area contributed by atoms with Crippen molar-refractivity contribution in [3.8, 4) is 0 Å². The summed E-state index contributed by atoms with van der Waals surface area (Å²) in [7, 11) is 2.11. The first-order chi connectivity index (χ1) is 14.8. The topological polar surface area (TPSA) is 70.2 Å². The number of alkyl halides is 3. The van der Waals surface area contributed by atoms with Gasteiger partial charge >= 0.3 is 12.2 Å². The molecule has 4 rings (SSSR count). The lowest BCUT2D eigenvalue weighted by Crippen LogP contribution is -2.29. The molecule has 3 aromatic rings. The molecular formula is C22H22F3N5O. The van der Waals surface area contributed by atoms with Crippen LogP contribution < -0.4 is 10.6 Å². The van der Waals surface area contributed by atoms with Gasteiger partial charge in [0.25, 0.3) is 0 Å². The Bertz CT molecular complexity index is 1090. The van der Waals surface area contributed by atoms with Gasteiger partial charge < -0.3 is 10.2 Å². The largest absolute Gasteiger partial charge is 0.433 e. The van der Waals surface area contributed by atoms with Gasteiger partial charge in [-0.3, -0.25) is 10.3 Å². The van der Waals surface area contributed by atoms with Crippen molar-refractivity contribution in [2.75, 3.05) is 30.8 Å². The smallest absolute Gasteiger partial charge is 0.307 e. The summed E-state index contributed by atoms with van der Waals surface area (Å²) in [5.74, 6) is 0.259. The molecule has 1 aromatic carbocycles. The van der Waals surface area contributed by atoms with E-state index in [9.17, 15) is 18.0 Å². The van der Waals surface area contributed by atoms with Crippen molar-refractivity contribution in [1.82, 2.24) is 14.9 Å². The molecule has 9 heteroatoms. The van der Waals surface area contributed by atoms with Gasteiger partial charge in [0, 0.05) is 11.6 Å². The molecule has 31 heavy (non-hydrogen) atoms. The summed E-state index contributed by atoms with van der Waals surface area (Å²) < 4.78 is 38.5. The van der Waals surface area contributed by atoms with Crippen LogP contribution in [-0.2, 0) is 6.18 Å². The van der Waals surface area contributed by atoms with E-state index < -0.39 is 17.9 Å². The fourth-order valence-electron chi connectivity index (χ4n) is 3.80. The molecule has 2 N–H and O–H groups in total. The second-order valence-electron chi connectivity index (χ2n) is 7.70. The van der Waals surface area contributed by atoms with Crippen LogP contribution in [0.5, 0.6) is 0 Å². The number of rotatable bonds is 3. The highest BCUT2D eigenvalue weighted by Gasteiger charge is 2.32. The molecule has 162 valence electrons. The first kappa shape index (κ1) is 21.0. The molecule has 0 aliphatic carbocycles. The zero-order valence-corrected chi connectivity index (χ0v) is 16.9. The summed E-state index contributed by atoms with van der Waals surface area (Å²) in [6.07, 6.45) is -0.880. The van der Waals surface area contributed by atoms with Crippen molar-refractivity contribution in [2.45, 2.75) is 24.9 Å². The number of carbonyl (C=O) groups is 1. The van der Waals surface area contributed by atoms with Crippen LogP contribution in [0.2, 0.25) is 0 Å². The normalized spacial score (nSPS) is 15.7. The van der Waals surface area contributed by atoms with Gasteiger partial charge in [0.05, 0.1) is 11.2 Å². The van der Waals surface area contributed by atoms with Crippen LogP contribution in [0.15, 0.2) is 48.7 Å². The Labute approximate surface area is 177 Å². The van der Waals surface area contributed by atoms with Crippen molar-refractivity contribution in [2.24, 2.45) is 0 Å². The van der Waals surface area contributed by atoms with Gasteiger partial charge in [0.2, 0.25) is 0 Å². The first-order valence-corrected chi connectivity index (χ1v) is 9.99. The lowest BCUT2D eigenvalue weighted by atomic mass is 9.89. The molecule has 2 amide bonds. The van der Waals surface area contributed by atoms with E-state index in [1.807, 2.05) is 12.1 Å². The van der Waals surface area contributed by atoms with Crippen LogP contribution in [0.4, 0.5) is 29.5 Å². The van der Waals surface area contributed by atoms with Crippen LogP contribution in [0.25, 0.3) is 10.9 Å². The quantitative estimate of drug-likeness (QED) is 0.608. The number of piperidine rings is 1. The fourth-order valence-corrected chi connectivity index (χ4v) is 3.80. The van der Waals surface area contributed by atoms with Crippen molar-refractivity contribution < 1.29 is 18.0 Å². The van der Waals surface area contributed by atoms with E-state index in [1.165, 1.54) is 17.7 Å². The van der Waals surface area contributed by atoms with E-state index in [2.05, 4.69) is 38.6 Å². The molecule has 0 radical (unpaired) electrons. The molecular weight excluding hydrogens is 407 g/mol. The van der Waals surface area contributed by atoms with E-state index in [4.69, 9.17) is 0 Å². The number of benzene rings is 1. The van der Waals surface area contributed by atoms with E-state index in [1.54, 1.807) is 12.3 Å². The standard InChI is InChI=1S/C22H22F3N5O/c1-30-11-8-14(9-12-30)15-5-6-17-16(13-15)18(7-10-26-17)27-21(31)29-20-4-2-3-19(28-20)22(23,24)25/h2-7,10,13-14H,8-9,11-12H2,1H3,(H2,26,27,28,29,31). The number of hydrogen-bond donors (Lipinski definition) is 2. The second kappa shape index (κ2) is 8.50. The van der Waals surface area contributed by atoms with Crippen LogP contribution in [0, 0.1) is 0 Å². The number of amides is 2. The molecule has 0 unspecified atom stereocenters. The molecule has 1 aliphatic rings. The monoisotopic (exact) mass is 429 g/mol. The number of anilines is 2. The third-order valence-electron chi connectivity index (χ3n) is 5.48. The van der Waals surface area contributed by atoms with E-state index in [0.29, 0.717) is 11.6 Å². The van der Waals surface area contributed by atoms with Crippen molar-refractivity contribution in [1.29, 1.82) is 0 Å². The molecule has 0 spiro atoms. The van der Waals surface area contributed by atoms with Crippen molar-refractivity contribution in [3.63, 3.8) is 0 Å². The molecule has 1 aliphatic heterocycles. The zero-order chi connectivity index (χ0) is 22.0. The Kier molecular flexibility index (Phi) is 5.77. The third kappa shape index (κ3) is 4.93. The lowest BCUT2D eigenvalue weighted by molar-refractivity contribution is -0.141. The molecule has 0 atom stereocenters. The van der Waals surface area contributed by atoms with Gasteiger partial charge in [-0.05, 0) is 74.8 Å². The maximum atomic E-state index is 12.8. The minimum Gasteiger partial charge on any atom is -0.307 e. The Morgan fingerprint density at radius 1 is 1.10 bits per heavy atom. The van der Waals surface area contributed by atoms with Gasteiger partial charge in [-0.2, -0.15) is 13.2 Å². The van der Waals surface area contributed by atoms with E-state index in [0.717, 1.165) is 42.9 Å². The molecule has 3 heterocycles. The minimum absolute atomic E-state index is 0.183. The van der Waals surface area contributed by atoms with Gasteiger partial charge in [0.15, 0.2) is 0 Å². The maximum Gasteiger partial charge on any atom is 0.433 e. The number of carbonyl (C=O) groups excluding carboxylic acids is 1. The average Bonchev–Trinajstić information content (AvgIpc) is 2.74. The Morgan fingerprint density at radius 2 is 1.87 bits per heavy atom. The average molecular weight is 429 g/mol. The number of nitrogens with one attached hydrogen (secondary N) is 2. The SMILES string of the molecule is CN1CCC(c2ccc3nccc(NC(=O)Nc4cccc(C(F)(F)F)n4)c3c2)CC1. The summed E-state index contributed by atoms with van der Waals surface area (Å²) in [4.78, 5) is 22.6. The number of aromatic nitrogens is 2. The number of pyridine rings is 2. The van der Waals surface area contributed by atoms with E-state index >= 15 is 0 Å². The summed E-state index contributed by atoms with van der Waals surface area (Å²) >= 11 is 0. The minimum atomic E-state index is -4.58. The zero-order valence-electron chi connectivity index (χ0n) is 16.9. The van der Waals surface area contributed by atoms with Crippen LogP contribution in [0.1, 0.15) is 30.0 Å². The molecule has 1 fully saturated rings. The summed E-state index contributed by atoms with van der Waals surface area (Å²) in [5, 5.41) is 5.86. The highest BCUT2D eigenvalue weighted by Crippen LogP contribution is 2.32. The summed E-state index contributed by atoms with van der Waals surface area (Å²) in [6.45, 7) is 2.07. The van der Waals surface area contributed by atoms with Gasteiger partial charge in [-0.25, -0.2) is 9.78 Å². The van der Waals surface area contributed by atoms with Gasteiger partial charge in [0.1, 0.15) is 11.5 Å². The second-order valence-corrected chi connectivity index (χ2v) is 7.70. The first-order valence-electron chi connectivity index (χ1n) is 9.99. The van der Waals surface area contributed by atoms with Crippen molar-refractivity contribution >= 4 is 28.4 Å². The number of halogens is 3. The number of fused-ring (bicyclic) bond motifs is 1. The Hall–Kier alpha value is -3.20. The molecule has 1 saturated heterocycles. The Morgan fingerprint density at radius 3 is 2.61 bits per heavy atom. The van der Waals surface area contributed by atoms with E-state index in [-0.39, 0.29) is 5.82 Å². The number of hydrogen-bond acceptors (Lipinski definition) is 4. The molecule has 6 nitrogen and oxygen atoms in total. The predicted octanol–water partition coefficient (Wildman–Crippen LogP) is 5.10. The molecule has 0 saturated carbocycles. The summed E-state index contributed by atoms with van der Waals surface area (Å²) in [6, 6.07) is 10.4. The molecule has 0 bridgehead atoms. The predicted molar refractivity (Wildman–Crippen MR) is 113 cm³/mol. The highest BCUT2D eigenvalue weighted by molar-refractivity contribution is 6.05. The number of likely N-dealkylation sites (tertiary alicyclic amines) is 1. The number of nitrogens with zero attached hydrogens (tertiary/aromatic N) is 3. The maximum absolute atomic E-state index is 12.8. The summed E-state index contributed by atoms with van der Waals surface area (Å²) in [5.41, 5.74) is 1.38. The highest BCUT2D eigenvalue weighted by atomic mass is 19.4. The fraction of sp³-hybridized carbons (Fsp3) is 0.318. The van der Waals surface area contributed by atoms with Crippen LogP contribution >= 0.6 is 0 Å². The van der Waals surface area contributed by atoms with Crippen molar-refractivity contribution in [3.05, 3.63) is 59.9 Å². The molecule has 2 aromatic heterocycles. The van der Waals surface area contributed by atoms with Gasteiger partial charge in [-0.15, -0.1) is 0 Å². The van der Waals surface area contributed by atoms with Crippen LogP contribution in [0.3, 0.4) is 0 Å². The van der Waals surface area contributed by atoms with Gasteiger partial charge in [-0.1, -0.05) is 12.1 Å². The van der Waals surface area contributed by atoms with Crippen LogP contribution in [-0.4, -0.2) is 41.0 Å². The third-order valence-corrected chi connectivity index (χ3v) is 5.48.